The van der Waals surface area contributed by atoms with Crippen LogP contribution in [0.4, 0.5) is 0 Å². The highest BCUT2D eigenvalue weighted by Gasteiger charge is 2.24. The first-order valence-electron chi connectivity index (χ1n) is 5.46. The van der Waals surface area contributed by atoms with Crippen LogP contribution in [-0.2, 0) is 4.74 Å². The SMILES string of the molecule is CCOC(C#N)c1cccc(C2CC2)c1. The number of nitriles is 1. The van der Waals surface area contributed by atoms with Crippen LogP contribution >= 0.6 is 0 Å². The van der Waals surface area contributed by atoms with E-state index in [0.717, 1.165) is 11.5 Å². The summed E-state index contributed by atoms with van der Waals surface area (Å²) in [5.74, 6) is 0.728. The Morgan fingerprint density at radius 1 is 1.53 bits per heavy atom. The third kappa shape index (κ3) is 2.37. The third-order valence-electron chi connectivity index (χ3n) is 2.71. The van der Waals surface area contributed by atoms with Crippen molar-refractivity contribution in [3.63, 3.8) is 0 Å². The summed E-state index contributed by atoms with van der Waals surface area (Å²) in [6.45, 7) is 2.49. The Balaban J connectivity index is 2.19. The molecule has 15 heavy (non-hydrogen) atoms. The van der Waals surface area contributed by atoms with E-state index >= 15 is 0 Å². The van der Waals surface area contributed by atoms with E-state index in [4.69, 9.17) is 10.00 Å². The molecule has 2 heteroatoms. The van der Waals surface area contributed by atoms with Gasteiger partial charge in [-0.15, -0.1) is 0 Å². The molecule has 0 heterocycles. The summed E-state index contributed by atoms with van der Waals surface area (Å²) in [5, 5.41) is 8.98. The van der Waals surface area contributed by atoms with Crippen molar-refractivity contribution in [1.29, 1.82) is 5.26 Å². The summed E-state index contributed by atoms with van der Waals surface area (Å²) in [6.07, 6.45) is 2.17. The second kappa shape index (κ2) is 4.46. The Morgan fingerprint density at radius 2 is 2.33 bits per heavy atom. The van der Waals surface area contributed by atoms with Gasteiger partial charge in [-0.05, 0) is 36.8 Å². The monoisotopic (exact) mass is 201 g/mol. The van der Waals surface area contributed by atoms with E-state index in [1.165, 1.54) is 18.4 Å². The second-order valence-electron chi connectivity index (χ2n) is 3.91. The van der Waals surface area contributed by atoms with Gasteiger partial charge < -0.3 is 4.74 Å². The van der Waals surface area contributed by atoms with Crippen LogP contribution in [0.5, 0.6) is 0 Å². The van der Waals surface area contributed by atoms with Crippen molar-refractivity contribution in [1.82, 2.24) is 0 Å². The van der Waals surface area contributed by atoms with E-state index in [1.807, 2.05) is 19.1 Å². The van der Waals surface area contributed by atoms with Gasteiger partial charge in [0.2, 0.25) is 0 Å². The predicted octanol–water partition coefficient (Wildman–Crippen LogP) is 3.17. The van der Waals surface area contributed by atoms with Crippen LogP contribution in [0.25, 0.3) is 0 Å². The molecule has 1 fully saturated rings. The van der Waals surface area contributed by atoms with Gasteiger partial charge in [0.25, 0.3) is 0 Å². The smallest absolute Gasteiger partial charge is 0.169 e. The first-order chi connectivity index (χ1) is 7.35. The van der Waals surface area contributed by atoms with Crippen LogP contribution in [0, 0.1) is 11.3 Å². The highest BCUT2D eigenvalue weighted by molar-refractivity contribution is 5.32. The molecule has 2 nitrogen and oxygen atoms in total. The van der Waals surface area contributed by atoms with Crippen LogP contribution in [0.15, 0.2) is 24.3 Å². The Kier molecular flexibility index (Phi) is 3.03. The molecular weight excluding hydrogens is 186 g/mol. The number of nitrogens with zero attached hydrogens (tertiary/aromatic N) is 1. The summed E-state index contributed by atoms with van der Waals surface area (Å²) >= 11 is 0. The van der Waals surface area contributed by atoms with Crippen molar-refractivity contribution >= 4 is 0 Å². The first-order valence-corrected chi connectivity index (χ1v) is 5.46. The van der Waals surface area contributed by atoms with Crippen LogP contribution in [0.2, 0.25) is 0 Å². The van der Waals surface area contributed by atoms with Gasteiger partial charge in [-0.3, -0.25) is 0 Å². The summed E-state index contributed by atoms with van der Waals surface area (Å²) in [5.41, 5.74) is 2.34. The highest BCUT2D eigenvalue weighted by Crippen LogP contribution is 2.40. The minimum Gasteiger partial charge on any atom is -0.359 e. The molecule has 1 aliphatic carbocycles. The lowest BCUT2D eigenvalue weighted by Crippen LogP contribution is -2.01. The maximum absolute atomic E-state index is 8.98. The van der Waals surface area contributed by atoms with Gasteiger partial charge in [0.05, 0.1) is 6.07 Å². The van der Waals surface area contributed by atoms with Crippen LogP contribution < -0.4 is 0 Å². The van der Waals surface area contributed by atoms with Crippen molar-refractivity contribution in [2.45, 2.75) is 31.8 Å². The average Bonchev–Trinajstić information content (AvgIpc) is 3.10. The zero-order valence-corrected chi connectivity index (χ0v) is 8.94. The zero-order chi connectivity index (χ0) is 10.7. The van der Waals surface area contributed by atoms with Gasteiger partial charge in [-0.2, -0.15) is 5.26 Å². The molecule has 0 spiro atoms. The molecular formula is C13H15NO. The molecule has 0 saturated heterocycles. The van der Waals surface area contributed by atoms with E-state index in [0.29, 0.717) is 6.61 Å². The molecule has 1 atom stereocenters. The van der Waals surface area contributed by atoms with E-state index in [1.54, 1.807) is 0 Å². The Bertz CT molecular complexity index is 376. The molecule has 0 amide bonds. The molecule has 0 aliphatic heterocycles. The quantitative estimate of drug-likeness (QED) is 0.749. The first kappa shape index (κ1) is 10.2. The maximum Gasteiger partial charge on any atom is 0.169 e. The van der Waals surface area contributed by atoms with Crippen molar-refractivity contribution in [2.24, 2.45) is 0 Å². The molecule has 0 N–H and O–H groups in total. The number of hydrogen-bond donors (Lipinski definition) is 0. The lowest BCUT2D eigenvalue weighted by molar-refractivity contribution is 0.102. The Labute approximate surface area is 90.5 Å². The van der Waals surface area contributed by atoms with Gasteiger partial charge in [-0.1, -0.05) is 24.3 Å². The van der Waals surface area contributed by atoms with E-state index in [-0.39, 0.29) is 0 Å². The normalized spacial score (nSPS) is 17.1. The van der Waals surface area contributed by atoms with E-state index < -0.39 is 6.10 Å². The van der Waals surface area contributed by atoms with E-state index in [2.05, 4.69) is 18.2 Å². The number of ether oxygens (including phenoxy) is 1. The highest BCUT2D eigenvalue weighted by atomic mass is 16.5. The van der Waals surface area contributed by atoms with Crippen molar-refractivity contribution in [3.05, 3.63) is 35.4 Å². The molecule has 1 unspecified atom stereocenters. The fourth-order valence-electron chi connectivity index (χ4n) is 1.77. The number of benzene rings is 1. The lowest BCUT2D eigenvalue weighted by Gasteiger charge is -2.10. The number of hydrogen-bond acceptors (Lipinski definition) is 2. The third-order valence-corrected chi connectivity index (χ3v) is 2.71. The summed E-state index contributed by atoms with van der Waals surface area (Å²) in [7, 11) is 0. The van der Waals surface area contributed by atoms with Crippen molar-refractivity contribution < 1.29 is 4.74 Å². The minimum atomic E-state index is -0.409. The molecule has 1 aliphatic rings. The number of rotatable bonds is 4. The van der Waals surface area contributed by atoms with E-state index in [9.17, 15) is 0 Å². The maximum atomic E-state index is 8.98. The van der Waals surface area contributed by atoms with Crippen molar-refractivity contribution in [3.8, 4) is 6.07 Å². The Hall–Kier alpha value is -1.33. The fraction of sp³-hybridized carbons (Fsp3) is 0.462. The predicted molar refractivity (Wildman–Crippen MR) is 58.4 cm³/mol. The molecule has 0 bridgehead atoms. The lowest BCUT2D eigenvalue weighted by atomic mass is 10.0. The summed E-state index contributed by atoms with van der Waals surface area (Å²) in [6, 6.07) is 10.4. The fourth-order valence-corrected chi connectivity index (χ4v) is 1.77. The largest absolute Gasteiger partial charge is 0.359 e. The molecule has 1 saturated carbocycles. The van der Waals surface area contributed by atoms with Gasteiger partial charge in [0.1, 0.15) is 0 Å². The Morgan fingerprint density at radius 3 is 2.93 bits per heavy atom. The molecule has 2 rings (SSSR count). The molecule has 0 aromatic heterocycles. The second-order valence-corrected chi connectivity index (χ2v) is 3.91. The van der Waals surface area contributed by atoms with Gasteiger partial charge >= 0.3 is 0 Å². The van der Waals surface area contributed by atoms with Crippen LogP contribution in [0.3, 0.4) is 0 Å². The molecule has 1 aromatic carbocycles. The van der Waals surface area contributed by atoms with Crippen LogP contribution in [0.1, 0.15) is 42.9 Å². The standard InChI is InChI=1S/C13H15NO/c1-2-15-13(9-14)12-5-3-4-11(8-12)10-6-7-10/h3-5,8,10,13H,2,6-7H2,1H3. The van der Waals surface area contributed by atoms with Crippen molar-refractivity contribution in [2.75, 3.05) is 6.61 Å². The minimum absolute atomic E-state index is 0.409. The van der Waals surface area contributed by atoms with Gasteiger partial charge in [-0.25, -0.2) is 0 Å². The summed E-state index contributed by atoms with van der Waals surface area (Å²) in [4.78, 5) is 0. The van der Waals surface area contributed by atoms with Gasteiger partial charge in [0, 0.05) is 6.61 Å². The molecule has 78 valence electrons. The average molecular weight is 201 g/mol. The molecule has 0 radical (unpaired) electrons. The molecule has 1 aromatic rings. The van der Waals surface area contributed by atoms with Gasteiger partial charge in [0.15, 0.2) is 6.10 Å². The summed E-state index contributed by atoms with van der Waals surface area (Å²) < 4.78 is 5.37. The topological polar surface area (TPSA) is 33.0 Å². The zero-order valence-electron chi connectivity index (χ0n) is 8.94. The van der Waals surface area contributed by atoms with Crippen LogP contribution in [-0.4, -0.2) is 6.61 Å².